The molecule has 1 unspecified atom stereocenters. The van der Waals surface area contributed by atoms with Crippen LogP contribution in [0.4, 0.5) is 5.69 Å². The van der Waals surface area contributed by atoms with Crippen LogP contribution in [-0.2, 0) is 17.9 Å². The summed E-state index contributed by atoms with van der Waals surface area (Å²) in [5, 5.41) is 6.06. The number of hydrogen-bond acceptors (Lipinski definition) is 5. The van der Waals surface area contributed by atoms with Gasteiger partial charge in [-0.25, -0.2) is 0 Å². The maximum atomic E-state index is 13.9. The minimum Gasteiger partial charge on any atom is -0.496 e. The fourth-order valence-corrected chi connectivity index (χ4v) is 5.57. The SMILES string of the molecule is CCOc1ccc(N2C(=O)c3cc4ccsc4n3CC2(C)C(=O)NCc2ccccc2OC)cc1. The van der Waals surface area contributed by atoms with Gasteiger partial charge in [0.1, 0.15) is 27.6 Å². The number of hydrogen-bond donors (Lipinski definition) is 1. The summed E-state index contributed by atoms with van der Waals surface area (Å²) < 4.78 is 13.0. The Balaban J connectivity index is 1.53. The molecule has 1 N–H and O–H groups in total. The number of carbonyl (C=O) groups excluding carboxylic acids is 2. The summed E-state index contributed by atoms with van der Waals surface area (Å²) in [4.78, 5) is 30.3. The second-order valence-corrected chi connectivity index (χ2v) is 9.53. The Morgan fingerprint density at radius 3 is 2.66 bits per heavy atom. The first-order chi connectivity index (χ1) is 17.0. The molecule has 0 bridgehead atoms. The Morgan fingerprint density at radius 2 is 1.91 bits per heavy atom. The third-order valence-corrected chi connectivity index (χ3v) is 7.36. The molecule has 35 heavy (non-hydrogen) atoms. The number of benzene rings is 2. The molecule has 2 amide bonds. The fraction of sp³-hybridized carbons (Fsp3) is 0.259. The van der Waals surface area contributed by atoms with Gasteiger partial charge in [-0.3, -0.25) is 14.5 Å². The lowest BCUT2D eigenvalue weighted by molar-refractivity contribution is -0.126. The number of aromatic nitrogens is 1. The molecular weight excluding hydrogens is 462 g/mol. The Morgan fingerprint density at radius 1 is 1.14 bits per heavy atom. The largest absolute Gasteiger partial charge is 0.496 e. The molecule has 2 aromatic heterocycles. The number of fused-ring (bicyclic) bond motifs is 3. The molecule has 0 saturated carbocycles. The molecule has 7 nitrogen and oxygen atoms in total. The number of amides is 2. The van der Waals surface area contributed by atoms with Crippen LogP contribution in [0.5, 0.6) is 11.5 Å². The van der Waals surface area contributed by atoms with Crippen molar-refractivity contribution in [3.05, 3.63) is 77.3 Å². The molecule has 180 valence electrons. The molecule has 1 atom stereocenters. The zero-order chi connectivity index (χ0) is 24.6. The van der Waals surface area contributed by atoms with Crippen molar-refractivity contribution in [1.29, 1.82) is 0 Å². The number of carbonyl (C=O) groups is 2. The Bertz CT molecular complexity index is 1390. The van der Waals surface area contributed by atoms with E-state index in [1.54, 1.807) is 23.3 Å². The molecular formula is C27H27N3O4S. The fourth-order valence-electron chi connectivity index (χ4n) is 4.68. The van der Waals surface area contributed by atoms with Gasteiger partial charge in [0, 0.05) is 23.2 Å². The highest BCUT2D eigenvalue weighted by atomic mass is 32.1. The van der Waals surface area contributed by atoms with Gasteiger partial charge in [-0.2, -0.15) is 0 Å². The zero-order valence-corrected chi connectivity index (χ0v) is 20.7. The molecule has 4 aromatic rings. The second kappa shape index (κ2) is 9.11. The Hall–Kier alpha value is -3.78. The van der Waals surface area contributed by atoms with Gasteiger partial charge in [-0.1, -0.05) is 18.2 Å². The highest BCUT2D eigenvalue weighted by molar-refractivity contribution is 7.16. The normalized spacial score (nSPS) is 17.3. The monoisotopic (exact) mass is 489 g/mol. The number of nitrogens with one attached hydrogen (secondary N) is 1. The number of para-hydroxylation sites is 1. The van der Waals surface area contributed by atoms with E-state index in [4.69, 9.17) is 9.47 Å². The van der Waals surface area contributed by atoms with Gasteiger partial charge in [-0.05, 0) is 61.7 Å². The summed E-state index contributed by atoms with van der Waals surface area (Å²) in [6.07, 6.45) is 0. The van der Waals surface area contributed by atoms with Crippen molar-refractivity contribution in [2.45, 2.75) is 32.5 Å². The third-order valence-electron chi connectivity index (χ3n) is 6.41. The molecule has 0 radical (unpaired) electrons. The highest BCUT2D eigenvalue weighted by Gasteiger charge is 2.48. The van der Waals surface area contributed by atoms with Gasteiger partial charge >= 0.3 is 0 Å². The molecule has 0 fully saturated rings. The maximum Gasteiger partial charge on any atom is 0.275 e. The van der Waals surface area contributed by atoms with Crippen molar-refractivity contribution < 1.29 is 19.1 Å². The lowest BCUT2D eigenvalue weighted by atomic mass is 9.93. The van der Waals surface area contributed by atoms with Gasteiger partial charge in [0.05, 0.1) is 20.3 Å². The van der Waals surface area contributed by atoms with E-state index in [0.29, 0.717) is 36.0 Å². The maximum absolute atomic E-state index is 13.9. The van der Waals surface area contributed by atoms with Crippen LogP contribution in [0.25, 0.3) is 10.2 Å². The van der Waals surface area contributed by atoms with Crippen LogP contribution in [0.1, 0.15) is 29.9 Å². The predicted octanol–water partition coefficient (Wildman–Crippen LogP) is 4.85. The van der Waals surface area contributed by atoms with Crippen molar-refractivity contribution in [3.63, 3.8) is 0 Å². The van der Waals surface area contributed by atoms with Crippen LogP contribution in [0, 0.1) is 0 Å². The van der Waals surface area contributed by atoms with Crippen LogP contribution in [0.15, 0.2) is 66.0 Å². The smallest absolute Gasteiger partial charge is 0.275 e. The quantitative estimate of drug-likeness (QED) is 0.403. The number of anilines is 1. The van der Waals surface area contributed by atoms with Gasteiger partial charge < -0.3 is 19.4 Å². The summed E-state index contributed by atoms with van der Waals surface area (Å²) in [7, 11) is 1.61. The van der Waals surface area contributed by atoms with E-state index in [1.807, 2.05) is 84.5 Å². The molecule has 0 spiro atoms. The lowest BCUT2D eigenvalue weighted by Crippen LogP contribution is -2.64. The van der Waals surface area contributed by atoms with Crippen LogP contribution in [-0.4, -0.2) is 35.6 Å². The molecule has 8 heteroatoms. The summed E-state index contributed by atoms with van der Waals surface area (Å²) in [5.41, 5.74) is 0.929. The number of nitrogens with zero attached hydrogens (tertiary/aromatic N) is 2. The van der Waals surface area contributed by atoms with E-state index in [9.17, 15) is 9.59 Å². The van der Waals surface area contributed by atoms with Crippen molar-refractivity contribution in [2.75, 3.05) is 18.6 Å². The van der Waals surface area contributed by atoms with Crippen LogP contribution in [0.2, 0.25) is 0 Å². The molecule has 2 aromatic carbocycles. The van der Waals surface area contributed by atoms with E-state index >= 15 is 0 Å². The Kier molecular flexibility index (Phi) is 5.98. The molecule has 3 heterocycles. The van der Waals surface area contributed by atoms with E-state index in [0.717, 1.165) is 15.8 Å². The predicted molar refractivity (Wildman–Crippen MR) is 137 cm³/mol. The summed E-state index contributed by atoms with van der Waals surface area (Å²) in [6.45, 7) is 4.92. The number of methoxy groups -OCH3 is 1. The topological polar surface area (TPSA) is 72.8 Å². The first kappa shape index (κ1) is 23.0. The molecule has 1 aliphatic heterocycles. The molecule has 0 aliphatic carbocycles. The van der Waals surface area contributed by atoms with Gasteiger partial charge in [0.2, 0.25) is 5.91 Å². The average molecular weight is 490 g/mol. The van der Waals surface area contributed by atoms with Crippen molar-refractivity contribution in [2.24, 2.45) is 0 Å². The number of ether oxygens (including phenoxy) is 2. The van der Waals surface area contributed by atoms with Gasteiger partial charge in [-0.15, -0.1) is 11.3 Å². The Labute approximate surface area is 207 Å². The molecule has 1 aliphatic rings. The van der Waals surface area contributed by atoms with Crippen LogP contribution < -0.4 is 19.7 Å². The minimum atomic E-state index is -1.16. The van der Waals surface area contributed by atoms with Crippen LogP contribution >= 0.6 is 11.3 Å². The summed E-state index contributed by atoms with van der Waals surface area (Å²) in [6, 6.07) is 18.8. The zero-order valence-electron chi connectivity index (χ0n) is 19.9. The first-order valence-electron chi connectivity index (χ1n) is 11.5. The average Bonchev–Trinajstić information content (AvgIpc) is 3.46. The van der Waals surface area contributed by atoms with E-state index in [2.05, 4.69) is 5.32 Å². The van der Waals surface area contributed by atoms with Gasteiger partial charge in [0.25, 0.3) is 5.91 Å². The van der Waals surface area contributed by atoms with E-state index in [-0.39, 0.29) is 18.4 Å². The first-order valence-corrected chi connectivity index (χ1v) is 12.4. The number of rotatable bonds is 7. The lowest BCUT2D eigenvalue weighted by Gasteiger charge is -2.44. The molecule has 0 saturated heterocycles. The number of thiophene rings is 1. The van der Waals surface area contributed by atoms with Gasteiger partial charge in [0.15, 0.2) is 0 Å². The van der Waals surface area contributed by atoms with Crippen molar-refractivity contribution >= 4 is 39.1 Å². The minimum absolute atomic E-state index is 0.209. The van der Waals surface area contributed by atoms with E-state index in [1.165, 1.54) is 0 Å². The highest BCUT2D eigenvalue weighted by Crippen LogP contribution is 2.38. The van der Waals surface area contributed by atoms with Crippen molar-refractivity contribution in [1.82, 2.24) is 9.88 Å². The summed E-state index contributed by atoms with van der Waals surface area (Å²) in [5.74, 6) is 0.967. The third kappa shape index (κ3) is 3.93. The standard InChI is InChI=1S/C27H27N3O4S/c1-4-34-21-11-9-20(10-12-21)30-24(31)22-15-18-13-14-35-25(18)29(22)17-27(30,2)26(32)28-16-19-7-5-6-8-23(19)33-3/h5-15H,4,16-17H2,1-3H3,(H,28,32). The van der Waals surface area contributed by atoms with E-state index < -0.39 is 5.54 Å². The second-order valence-electron chi connectivity index (χ2n) is 8.63. The summed E-state index contributed by atoms with van der Waals surface area (Å²) >= 11 is 1.57. The van der Waals surface area contributed by atoms with Crippen LogP contribution in [0.3, 0.4) is 0 Å². The molecule has 5 rings (SSSR count). The van der Waals surface area contributed by atoms with Crippen molar-refractivity contribution in [3.8, 4) is 11.5 Å².